The number of aliphatic hydroxyl groups excluding tert-OH is 1. The lowest BCUT2D eigenvalue weighted by Crippen LogP contribution is -2.46. The summed E-state index contributed by atoms with van der Waals surface area (Å²) in [5.74, 6) is 0.765. The number of rotatable bonds is 3. The molecule has 6 heteroatoms. The second-order valence-electron chi connectivity index (χ2n) is 3.72. The van der Waals surface area contributed by atoms with Gasteiger partial charge in [-0.3, -0.25) is 9.98 Å². The van der Waals surface area contributed by atoms with Crippen LogP contribution in [0, 0.1) is 0 Å². The SMILES string of the molecule is Br.OC1CN=C(NCCc2ccccn2)NC1. The molecule has 0 aliphatic carbocycles. The molecule has 0 bridgehead atoms. The van der Waals surface area contributed by atoms with Gasteiger partial charge in [0.15, 0.2) is 5.96 Å². The molecule has 94 valence electrons. The first-order chi connectivity index (χ1) is 7.84. The van der Waals surface area contributed by atoms with Crippen LogP contribution < -0.4 is 10.6 Å². The minimum atomic E-state index is -0.360. The van der Waals surface area contributed by atoms with Gasteiger partial charge in [-0.05, 0) is 12.1 Å². The lowest BCUT2D eigenvalue weighted by atomic mass is 10.3. The smallest absolute Gasteiger partial charge is 0.191 e. The second-order valence-corrected chi connectivity index (χ2v) is 3.72. The van der Waals surface area contributed by atoms with Crippen molar-refractivity contribution in [1.29, 1.82) is 0 Å². The highest BCUT2D eigenvalue weighted by Gasteiger charge is 2.10. The molecule has 0 radical (unpaired) electrons. The van der Waals surface area contributed by atoms with E-state index < -0.39 is 0 Å². The number of guanidine groups is 1. The van der Waals surface area contributed by atoms with Crippen molar-refractivity contribution in [2.45, 2.75) is 12.5 Å². The molecule has 0 spiro atoms. The van der Waals surface area contributed by atoms with Crippen LogP contribution >= 0.6 is 17.0 Å². The predicted octanol–water partition coefficient (Wildman–Crippen LogP) is 0.112. The summed E-state index contributed by atoms with van der Waals surface area (Å²) < 4.78 is 0. The van der Waals surface area contributed by atoms with Gasteiger partial charge in [-0.2, -0.15) is 0 Å². The Kier molecular flexibility index (Phi) is 5.93. The van der Waals surface area contributed by atoms with Crippen molar-refractivity contribution in [2.75, 3.05) is 19.6 Å². The molecule has 0 amide bonds. The molecule has 0 saturated heterocycles. The highest BCUT2D eigenvalue weighted by molar-refractivity contribution is 8.93. The number of aliphatic hydroxyl groups is 1. The van der Waals surface area contributed by atoms with Crippen LogP contribution in [0.4, 0.5) is 0 Å². The fourth-order valence-corrected chi connectivity index (χ4v) is 1.50. The Balaban J connectivity index is 0.00000144. The average Bonchev–Trinajstić information content (AvgIpc) is 2.33. The maximum absolute atomic E-state index is 9.22. The fourth-order valence-electron chi connectivity index (χ4n) is 1.50. The molecule has 0 fully saturated rings. The van der Waals surface area contributed by atoms with Gasteiger partial charge in [-0.1, -0.05) is 6.07 Å². The Morgan fingerprint density at radius 2 is 2.35 bits per heavy atom. The molecule has 5 nitrogen and oxygen atoms in total. The number of β-amino-alcohol motifs (C(OH)–C–C–N with tert-alkyl or cyclic N) is 1. The van der Waals surface area contributed by atoms with Crippen LogP contribution in [0.5, 0.6) is 0 Å². The van der Waals surface area contributed by atoms with Gasteiger partial charge in [-0.15, -0.1) is 17.0 Å². The number of nitrogens with one attached hydrogen (secondary N) is 2. The molecule has 1 aliphatic heterocycles. The van der Waals surface area contributed by atoms with Crippen molar-refractivity contribution in [3.05, 3.63) is 30.1 Å². The van der Waals surface area contributed by atoms with Crippen molar-refractivity contribution in [1.82, 2.24) is 15.6 Å². The third-order valence-electron chi connectivity index (χ3n) is 2.37. The third-order valence-corrected chi connectivity index (χ3v) is 2.37. The summed E-state index contributed by atoms with van der Waals surface area (Å²) in [6, 6.07) is 5.89. The van der Waals surface area contributed by atoms with E-state index in [1.165, 1.54) is 0 Å². The van der Waals surface area contributed by atoms with Gasteiger partial charge in [-0.25, -0.2) is 0 Å². The summed E-state index contributed by atoms with van der Waals surface area (Å²) in [5.41, 5.74) is 1.06. The molecular formula is C11H17BrN4O. The first kappa shape index (κ1) is 13.9. The Bertz CT molecular complexity index is 358. The molecule has 1 aromatic heterocycles. The lowest BCUT2D eigenvalue weighted by molar-refractivity contribution is 0.180. The zero-order valence-electron chi connectivity index (χ0n) is 9.47. The van der Waals surface area contributed by atoms with Crippen LogP contribution in [0.1, 0.15) is 5.69 Å². The molecule has 17 heavy (non-hydrogen) atoms. The van der Waals surface area contributed by atoms with Gasteiger partial charge in [0.25, 0.3) is 0 Å². The van der Waals surface area contributed by atoms with Crippen LogP contribution in [0.2, 0.25) is 0 Å². The van der Waals surface area contributed by atoms with Crippen LogP contribution in [0.25, 0.3) is 0 Å². The van der Waals surface area contributed by atoms with E-state index in [2.05, 4.69) is 20.6 Å². The molecule has 0 aromatic carbocycles. The maximum Gasteiger partial charge on any atom is 0.191 e. The number of hydrogen-bond donors (Lipinski definition) is 3. The lowest BCUT2D eigenvalue weighted by Gasteiger charge is -2.19. The van der Waals surface area contributed by atoms with Crippen LogP contribution in [0.3, 0.4) is 0 Å². The number of hydrogen-bond acceptors (Lipinski definition) is 5. The molecule has 2 rings (SSSR count). The summed E-state index contributed by atoms with van der Waals surface area (Å²) in [5, 5.41) is 15.4. The summed E-state index contributed by atoms with van der Waals surface area (Å²) in [7, 11) is 0. The molecule has 1 aromatic rings. The number of aliphatic imine (C=N–C) groups is 1. The average molecular weight is 301 g/mol. The molecule has 3 N–H and O–H groups in total. The second kappa shape index (κ2) is 7.24. The van der Waals surface area contributed by atoms with E-state index in [-0.39, 0.29) is 23.1 Å². The highest BCUT2D eigenvalue weighted by atomic mass is 79.9. The van der Waals surface area contributed by atoms with E-state index in [4.69, 9.17) is 0 Å². The molecule has 2 heterocycles. The Hall–Kier alpha value is -1.14. The van der Waals surface area contributed by atoms with E-state index in [0.717, 1.165) is 24.6 Å². The van der Waals surface area contributed by atoms with Crippen molar-refractivity contribution in [2.24, 2.45) is 4.99 Å². The zero-order valence-corrected chi connectivity index (χ0v) is 11.2. The largest absolute Gasteiger partial charge is 0.389 e. The van der Waals surface area contributed by atoms with Gasteiger partial charge in [0, 0.05) is 31.4 Å². The van der Waals surface area contributed by atoms with Crippen LogP contribution in [-0.2, 0) is 6.42 Å². The molecule has 1 aliphatic rings. The number of aromatic nitrogens is 1. The van der Waals surface area contributed by atoms with Crippen molar-refractivity contribution < 1.29 is 5.11 Å². The van der Waals surface area contributed by atoms with Crippen LogP contribution in [-0.4, -0.2) is 41.8 Å². The van der Waals surface area contributed by atoms with E-state index in [0.29, 0.717) is 13.1 Å². The number of pyridine rings is 1. The predicted molar refractivity (Wildman–Crippen MR) is 72.6 cm³/mol. The first-order valence-electron chi connectivity index (χ1n) is 5.45. The van der Waals surface area contributed by atoms with Crippen molar-refractivity contribution >= 4 is 22.9 Å². The Morgan fingerprint density at radius 3 is 3.00 bits per heavy atom. The number of halogens is 1. The normalized spacial score (nSPS) is 18.6. The van der Waals surface area contributed by atoms with E-state index in [1.807, 2.05) is 18.2 Å². The summed E-state index contributed by atoms with van der Waals surface area (Å²) >= 11 is 0. The minimum absolute atomic E-state index is 0. The number of nitrogens with zero attached hydrogens (tertiary/aromatic N) is 2. The summed E-state index contributed by atoms with van der Waals surface area (Å²) in [6.45, 7) is 1.83. The molecular weight excluding hydrogens is 284 g/mol. The van der Waals surface area contributed by atoms with Gasteiger partial charge < -0.3 is 15.7 Å². The van der Waals surface area contributed by atoms with Gasteiger partial charge in [0.2, 0.25) is 0 Å². The maximum atomic E-state index is 9.22. The standard InChI is InChI=1S/C11H16N4O.BrH/c16-10-7-14-11(15-8-10)13-6-4-9-3-1-2-5-12-9;/h1-3,5,10,16H,4,6-8H2,(H2,13,14,15);1H. The Morgan fingerprint density at radius 1 is 1.47 bits per heavy atom. The van der Waals surface area contributed by atoms with Gasteiger partial charge in [0.1, 0.15) is 0 Å². The molecule has 1 atom stereocenters. The van der Waals surface area contributed by atoms with Gasteiger partial charge in [0.05, 0.1) is 12.6 Å². The minimum Gasteiger partial charge on any atom is -0.389 e. The molecule has 0 saturated carbocycles. The monoisotopic (exact) mass is 300 g/mol. The third kappa shape index (κ3) is 4.70. The van der Waals surface area contributed by atoms with Crippen molar-refractivity contribution in [3.8, 4) is 0 Å². The summed E-state index contributed by atoms with van der Waals surface area (Å²) in [4.78, 5) is 8.40. The van der Waals surface area contributed by atoms with E-state index in [9.17, 15) is 5.11 Å². The van der Waals surface area contributed by atoms with Gasteiger partial charge >= 0.3 is 0 Å². The van der Waals surface area contributed by atoms with Crippen molar-refractivity contribution in [3.63, 3.8) is 0 Å². The summed E-state index contributed by atoms with van der Waals surface area (Å²) in [6.07, 6.45) is 2.30. The highest BCUT2D eigenvalue weighted by Crippen LogP contribution is 1.94. The Labute approximate surface area is 111 Å². The van der Waals surface area contributed by atoms with Crippen LogP contribution in [0.15, 0.2) is 29.4 Å². The molecule has 1 unspecified atom stereocenters. The van der Waals surface area contributed by atoms with E-state index in [1.54, 1.807) is 6.20 Å². The topological polar surface area (TPSA) is 69.5 Å². The van der Waals surface area contributed by atoms with E-state index >= 15 is 0 Å². The zero-order chi connectivity index (χ0) is 11.2. The fraction of sp³-hybridized carbons (Fsp3) is 0.455. The quantitative estimate of drug-likeness (QED) is 0.741. The first-order valence-corrected chi connectivity index (χ1v) is 5.45.